The molecule has 0 unspecified atom stereocenters. The van der Waals surface area contributed by atoms with Crippen molar-refractivity contribution in [2.24, 2.45) is 5.10 Å². The number of hydrogen-bond acceptors (Lipinski definition) is 4. The molecule has 3 aromatic rings. The van der Waals surface area contributed by atoms with Gasteiger partial charge in [0.25, 0.3) is 5.91 Å². The Morgan fingerprint density at radius 3 is 2.75 bits per heavy atom. The third-order valence-electron chi connectivity index (χ3n) is 4.74. The van der Waals surface area contributed by atoms with Crippen LogP contribution in [0.1, 0.15) is 23.1 Å². The van der Waals surface area contributed by atoms with E-state index in [1.165, 1.54) is 22.9 Å². The Morgan fingerprint density at radius 2 is 1.96 bits per heavy atom. The van der Waals surface area contributed by atoms with E-state index in [1.807, 2.05) is 41.1 Å². The van der Waals surface area contributed by atoms with Crippen molar-refractivity contribution in [3.63, 3.8) is 0 Å². The van der Waals surface area contributed by atoms with Gasteiger partial charge in [-0.15, -0.1) is 0 Å². The first-order valence-electron chi connectivity index (χ1n) is 9.29. The summed E-state index contributed by atoms with van der Waals surface area (Å²) in [5.41, 5.74) is 5.55. The van der Waals surface area contributed by atoms with Crippen molar-refractivity contribution in [1.29, 1.82) is 0 Å². The van der Waals surface area contributed by atoms with Gasteiger partial charge in [0, 0.05) is 18.8 Å². The molecule has 0 saturated heterocycles. The molecule has 4 rings (SSSR count). The van der Waals surface area contributed by atoms with Crippen LogP contribution in [0.15, 0.2) is 71.2 Å². The number of nitrogens with zero attached hydrogens (tertiary/aromatic N) is 4. The van der Waals surface area contributed by atoms with Crippen LogP contribution in [-0.4, -0.2) is 38.5 Å². The van der Waals surface area contributed by atoms with Crippen molar-refractivity contribution in [2.45, 2.75) is 25.4 Å². The first-order valence-corrected chi connectivity index (χ1v) is 10.3. The van der Waals surface area contributed by atoms with E-state index in [1.54, 1.807) is 11.2 Å². The lowest BCUT2D eigenvalue weighted by Gasteiger charge is -2.13. The average Bonchev–Trinajstić information content (AvgIpc) is 3.37. The molecule has 142 valence electrons. The fourth-order valence-corrected chi connectivity index (χ4v) is 4.16. The summed E-state index contributed by atoms with van der Waals surface area (Å²) in [5, 5.41) is 6.92. The van der Waals surface area contributed by atoms with Crippen LogP contribution < -0.4 is 0 Å². The molecule has 5 nitrogen and oxygen atoms in total. The standard InChI is InChI=1S/C22H22N4OS/c1-16-8-9-20(17(2)14-16)25-13-11-23-22(25)28-15-21(27)26-12-10-19(24-26)18-6-4-3-5-7-18/h3-9,11,13-14H,10,12,15H2,1-2H3. The van der Waals surface area contributed by atoms with E-state index in [4.69, 9.17) is 0 Å². The fourth-order valence-electron chi connectivity index (χ4n) is 3.33. The first-order chi connectivity index (χ1) is 13.6. The number of imidazole rings is 1. The predicted octanol–water partition coefficient (Wildman–Crippen LogP) is 4.22. The second kappa shape index (κ2) is 8.02. The van der Waals surface area contributed by atoms with Gasteiger partial charge >= 0.3 is 0 Å². The maximum Gasteiger partial charge on any atom is 0.253 e. The van der Waals surface area contributed by atoms with Gasteiger partial charge in [-0.05, 0) is 31.0 Å². The highest BCUT2D eigenvalue weighted by molar-refractivity contribution is 7.99. The van der Waals surface area contributed by atoms with E-state index >= 15 is 0 Å². The summed E-state index contributed by atoms with van der Waals surface area (Å²) in [4.78, 5) is 17.1. The van der Waals surface area contributed by atoms with E-state index in [-0.39, 0.29) is 5.91 Å². The third-order valence-corrected chi connectivity index (χ3v) is 5.69. The van der Waals surface area contributed by atoms with Gasteiger partial charge in [0.1, 0.15) is 0 Å². The monoisotopic (exact) mass is 390 g/mol. The van der Waals surface area contributed by atoms with E-state index in [0.717, 1.165) is 28.5 Å². The highest BCUT2D eigenvalue weighted by Gasteiger charge is 2.22. The molecule has 1 aliphatic heterocycles. The van der Waals surface area contributed by atoms with E-state index in [0.29, 0.717) is 12.3 Å². The predicted molar refractivity (Wildman–Crippen MR) is 113 cm³/mol. The summed E-state index contributed by atoms with van der Waals surface area (Å²) in [5.74, 6) is 0.319. The number of rotatable bonds is 5. The molecule has 0 N–H and O–H groups in total. The molecule has 0 saturated carbocycles. The summed E-state index contributed by atoms with van der Waals surface area (Å²) >= 11 is 1.44. The maximum atomic E-state index is 12.6. The Kier molecular flexibility index (Phi) is 5.30. The highest BCUT2D eigenvalue weighted by atomic mass is 32.2. The Hall–Kier alpha value is -2.86. The SMILES string of the molecule is Cc1ccc(-n2ccnc2SCC(=O)N2CCC(c3ccccc3)=N2)c(C)c1. The van der Waals surface area contributed by atoms with Gasteiger partial charge in [-0.3, -0.25) is 9.36 Å². The van der Waals surface area contributed by atoms with E-state index in [2.05, 4.69) is 42.1 Å². The van der Waals surface area contributed by atoms with Gasteiger partial charge in [-0.25, -0.2) is 9.99 Å². The van der Waals surface area contributed by atoms with Crippen molar-refractivity contribution in [2.75, 3.05) is 12.3 Å². The summed E-state index contributed by atoms with van der Waals surface area (Å²) in [6, 6.07) is 16.4. The molecule has 2 aromatic carbocycles. The van der Waals surface area contributed by atoms with Crippen LogP contribution in [0.3, 0.4) is 0 Å². The largest absolute Gasteiger partial charge is 0.295 e. The van der Waals surface area contributed by atoms with Gasteiger partial charge in [0.2, 0.25) is 0 Å². The minimum absolute atomic E-state index is 0.00566. The number of amides is 1. The molecule has 1 amide bonds. The van der Waals surface area contributed by atoms with Crippen molar-refractivity contribution in [1.82, 2.24) is 14.6 Å². The fraction of sp³-hybridized carbons (Fsp3) is 0.227. The van der Waals surface area contributed by atoms with Crippen LogP contribution in [-0.2, 0) is 4.79 Å². The second-order valence-corrected chi connectivity index (χ2v) is 7.78. The zero-order valence-electron chi connectivity index (χ0n) is 16.0. The number of hydrazone groups is 1. The Bertz CT molecular complexity index is 1030. The van der Waals surface area contributed by atoms with Crippen molar-refractivity contribution in [3.05, 3.63) is 77.6 Å². The molecule has 2 heterocycles. The van der Waals surface area contributed by atoms with E-state index < -0.39 is 0 Å². The zero-order chi connectivity index (χ0) is 19.5. The number of thioether (sulfide) groups is 1. The van der Waals surface area contributed by atoms with Crippen molar-refractivity contribution < 1.29 is 4.79 Å². The minimum atomic E-state index is 0.00566. The summed E-state index contributed by atoms with van der Waals surface area (Å²) in [6.07, 6.45) is 4.50. The van der Waals surface area contributed by atoms with Crippen LogP contribution in [0.2, 0.25) is 0 Å². The van der Waals surface area contributed by atoms with Crippen LogP contribution in [0.25, 0.3) is 5.69 Å². The quantitative estimate of drug-likeness (QED) is 0.613. The molecule has 1 aliphatic rings. The second-order valence-electron chi connectivity index (χ2n) is 6.84. The Morgan fingerprint density at radius 1 is 1.14 bits per heavy atom. The number of aryl methyl sites for hydroxylation is 2. The smallest absolute Gasteiger partial charge is 0.253 e. The average molecular weight is 391 g/mol. The highest BCUT2D eigenvalue weighted by Crippen LogP contribution is 2.24. The van der Waals surface area contributed by atoms with Crippen molar-refractivity contribution >= 4 is 23.4 Å². The van der Waals surface area contributed by atoms with Gasteiger partial charge in [-0.1, -0.05) is 59.8 Å². The summed E-state index contributed by atoms with van der Waals surface area (Å²) < 4.78 is 2.04. The lowest BCUT2D eigenvalue weighted by atomic mass is 10.1. The Balaban J connectivity index is 1.44. The Labute approximate surface area is 169 Å². The van der Waals surface area contributed by atoms with Gasteiger partial charge < -0.3 is 0 Å². The molecule has 0 radical (unpaired) electrons. The molecule has 6 heteroatoms. The lowest BCUT2D eigenvalue weighted by molar-refractivity contribution is -0.127. The van der Waals surface area contributed by atoms with Crippen LogP contribution >= 0.6 is 11.8 Å². The molecule has 0 bridgehead atoms. The van der Waals surface area contributed by atoms with E-state index in [9.17, 15) is 4.79 Å². The lowest BCUT2D eigenvalue weighted by Crippen LogP contribution is -2.25. The minimum Gasteiger partial charge on any atom is -0.295 e. The van der Waals surface area contributed by atoms with Crippen LogP contribution in [0.4, 0.5) is 0 Å². The van der Waals surface area contributed by atoms with Gasteiger partial charge in [0.15, 0.2) is 5.16 Å². The summed E-state index contributed by atoms with van der Waals surface area (Å²) in [6.45, 7) is 4.81. The molecule has 0 atom stereocenters. The molecule has 28 heavy (non-hydrogen) atoms. The van der Waals surface area contributed by atoms with Gasteiger partial charge in [0.05, 0.1) is 23.7 Å². The molecule has 1 aromatic heterocycles. The number of benzene rings is 2. The summed E-state index contributed by atoms with van der Waals surface area (Å²) in [7, 11) is 0. The number of aromatic nitrogens is 2. The molecular formula is C22H22N4OS. The number of carbonyl (C=O) groups excluding carboxylic acids is 1. The number of carbonyl (C=O) groups is 1. The molecule has 0 aliphatic carbocycles. The van der Waals surface area contributed by atoms with Crippen LogP contribution in [0.5, 0.6) is 0 Å². The normalized spacial score (nSPS) is 13.6. The maximum absolute atomic E-state index is 12.6. The first kappa shape index (κ1) is 18.5. The van der Waals surface area contributed by atoms with Crippen LogP contribution in [0, 0.1) is 13.8 Å². The third kappa shape index (κ3) is 3.87. The molecular weight excluding hydrogens is 368 g/mol. The van der Waals surface area contributed by atoms with Crippen molar-refractivity contribution in [3.8, 4) is 5.69 Å². The van der Waals surface area contributed by atoms with Gasteiger partial charge in [-0.2, -0.15) is 5.10 Å². The number of hydrogen-bond donors (Lipinski definition) is 0. The molecule has 0 fully saturated rings. The molecule has 0 spiro atoms. The topological polar surface area (TPSA) is 50.5 Å². The zero-order valence-corrected chi connectivity index (χ0v) is 16.8.